The lowest BCUT2D eigenvalue weighted by Gasteiger charge is -2.27. The van der Waals surface area contributed by atoms with E-state index in [1.165, 1.54) is 163 Å². The molecule has 0 bridgehead atoms. The molecule has 8 aromatic rings. The number of carbonyl (C=O) groups is 5. The summed E-state index contributed by atoms with van der Waals surface area (Å²) < 4.78 is 7.43. The molecule has 17 rings (SSSR count). The lowest BCUT2D eigenvalue weighted by atomic mass is 9.78. The number of carbonyl (C=O) groups excluding carboxylic acids is 3. The van der Waals surface area contributed by atoms with E-state index in [9.17, 15) is 29.1 Å². The van der Waals surface area contributed by atoms with Crippen LogP contribution >= 0.6 is 0 Å². The number of anilines is 4. The average molecular weight is 2190 g/mol. The molecule has 1 fully saturated rings. The Morgan fingerprint density at radius 2 is 0.730 bits per heavy atom. The average Bonchev–Trinajstić information content (AvgIpc) is 1.53. The van der Waals surface area contributed by atoms with Crippen LogP contribution < -0.4 is 91.5 Å². The zero-order valence-corrected chi connectivity index (χ0v) is 92.1. The Hall–Kier alpha value is -9.33. The SMILES string of the molecule is CC1=[N+](CCCCCC(=O)O)c2cc3c(cc2C1(C)C)-c1ccccc1C3(C)C.CCN(CC)c1ccc2c(c1)C(C)(C)C(/C=C/C=C1/N(CCCCCC(=O)O)c3cc4c(cc3C1(C)C)-c1ccccc1C4(C)C)=[N+]2CC.CCN(CC)c1ccc2c(c1)C(C)(C)C(/C=C/C=C1/N(CCCCCC(=O)ON3C(=O)CCC3=O)c3cc4c(cc3C1(C)C)-c1ccccc1C4(C)C)=[N+]2CC.[I-].[I-].[I-]. The number of hydroxylamine groups is 2. The van der Waals surface area contributed by atoms with Crippen LogP contribution in [0.2, 0.25) is 0 Å². The van der Waals surface area contributed by atoms with Crippen molar-refractivity contribution in [3.63, 3.8) is 0 Å². The van der Waals surface area contributed by atoms with Gasteiger partial charge in [-0.05, 0) is 266 Å². The van der Waals surface area contributed by atoms with E-state index in [1.54, 1.807) is 0 Å². The Kier molecular flexibility index (Phi) is 32.5. The molecule has 16 nitrogen and oxygen atoms in total. The standard InChI is InChI=1S/C48H59N4O4.C44H55N3O2.C26H31NO2.3HI/c1-10-49(11-2)32-24-25-39-37(29-32)47(6,7)41(50(39)12-3)21-18-22-42-48(8,9)38-30-34-33-19-15-16-20-35(33)46(4,5)36(34)31-40(38)51(42)28-17-13-14-23-45(55)56-52-43(53)26-27-44(52)54;1-10-45(11-2)30-24-25-37-35(27-30)43(6,7)39(46(37)12-3)21-18-22-40-44(8,9)36-28-32-31-19-15-16-20-33(31)42(4,5)34(32)29-38(36)47(40)26-17-13-14-23-41(48)49;1-17-25(2,3)22-15-19-18-11-8-9-12-20(18)26(4,5)21(19)16-23(22)27(17)14-10-6-7-13-24(28)29;;;/h15-16,18-22,24-25,29-31H,10-14,17,23,26-28H2,1-9H3;15-16,18-22,24-25,27-29H,10-14,17,23,26H2,1-9H3;8-9,11-12,15-16H,6-7,10,13-14H2,1-5H3;3*1H/q+1;;;;;/p-1. The maximum absolute atomic E-state index is 12.5. The number of rotatable bonds is 31. The number of imide groups is 1. The van der Waals surface area contributed by atoms with Crippen molar-refractivity contribution in [1.82, 2.24) is 5.06 Å². The van der Waals surface area contributed by atoms with E-state index in [2.05, 4.69) is 375 Å². The summed E-state index contributed by atoms with van der Waals surface area (Å²) in [6, 6.07) is 55.2. The summed E-state index contributed by atoms with van der Waals surface area (Å²) in [5.41, 5.74) is 38.0. The van der Waals surface area contributed by atoms with Crippen molar-refractivity contribution in [2.24, 2.45) is 0 Å². The van der Waals surface area contributed by atoms with Crippen molar-refractivity contribution < 1.29 is 125 Å². The van der Waals surface area contributed by atoms with Crippen LogP contribution in [-0.4, -0.2) is 135 Å². The second-order valence-corrected chi connectivity index (χ2v) is 42.5. The number of hydrogen-bond donors (Lipinski definition) is 2. The second-order valence-electron chi connectivity index (χ2n) is 42.5. The predicted molar refractivity (Wildman–Crippen MR) is 551 cm³/mol. The van der Waals surface area contributed by atoms with Gasteiger partial charge in [-0.1, -0.05) is 167 Å². The Morgan fingerprint density at radius 3 is 1.11 bits per heavy atom. The fourth-order valence-corrected chi connectivity index (χ4v) is 23.7. The van der Waals surface area contributed by atoms with Crippen molar-refractivity contribution in [2.45, 2.75) is 292 Å². The third-order valence-electron chi connectivity index (χ3n) is 31.8. The first-order valence-corrected chi connectivity index (χ1v) is 50.0. The van der Waals surface area contributed by atoms with Gasteiger partial charge < -0.3 is 107 Å². The lowest BCUT2D eigenvalue weighted by molar-refractivity contribution is -0.439. The summed E-state index contributed by atoms with van der Waals surface area (Å²) >= 11 is 0. The van der Waals surface area contributed by atoms with Crippen LogP contribution in [0.5, 0.6) is 0 Å². The maximum Gasteiger partial charge on any atom is 0.333 e. The number of aliphatic carboxylic acids is 2. The van der Waals surface area contributed by atoms with Gasteiger partial charge in [0.2, 0.25) is 17.1 Å². The second kappa shape index (κ2) is 41.8. The van der Waals surface area contributed by atoms with Crippen molar-refractivity contribution >= 4 is 86.7 Å². The minimum atomic E-state index is -0.712. The number of allylic oxidation sites excluding steroid dienone is 8. The van der Waals surface area contributed by atoms with E-state index in [0.717, 1.165) is 104 Å². The molecular weight excluding hydrogens is 2040 g/mol. The zero-order chi connectivity index (χ0) is 96.4. The van der Waals surface area contributed by atoms with Crippen LogP contribution in [0, 0.1) is 0 Å². The Balaban J connectivity index is 0.000000191. The molecule has 8 aromatic carbocycles. The number of halogens is 3. The molecule has 0 aromatic heterocycles. The summed E-state index contributed by atoms with van der Waals surface area (Å²) in [6.45, 7) is 61.5. The van der Waals surface area contributed by atoms with Gasteiger partial charge in [0.1, 0.15) is 19.6 Å². The molecule has 6 aliphatic heterocycles. The number of hydrogen-bond acceptors (Lipinski definition) is 10. The molecule has 0 unspecified atom stereocenters. The van der Waals surface area contributed by atoms with Crippen LogP contribution in [0.15, 0.2) is 193 Å². The van der Waals surface area contributed by atoms with E-state index in [1.807, 2.05) is 0 Å². The summed E-state index contributed by atoms with van der Waals surface area (Å²) in [5, 5.41) is 18.7. The van der Waals surface area contributed by atoms with Gasteiger partial charge in [0, 0.05) is 193 Å². The molecule has 1 saturated heterocycles. The van der Waals surface area contributed by atoms with Crippen molar-refractivity contribution in [3.05, 3.63) is 255 Å². The summed E-state index contributed by atoms with van der Waals surface area (Å²) in [4.78, 5) is 73.4. The first kappa shape index (κ1) is 107. The number of carboxylic acids is 2. The van der Waals surface area contributed by atoms with E-state index in [0.29, 0.717) is 17.9 Å². The fourth-order valence-electron chi connectivity index (χ4n) is 23.7. The number of amides is 2. The predicted octanol–water partition coefficient (Wildman–Crippen LogP) is 16.8. The van der Waals surface area contributed by atoms with E-state index in [4.69, 9.17) is 9.94 Å². The summed E-state index contributed by atoms with van der Waals surface area (Å²) in [5.74, 6) is -2.84. The van der Waals surface area contributed by atoms with Gasteiger partial charge in [-0.25, -0.2) is 4.79 Å². The molecule has 2 N–H and O–H groups in total. The number of benzene rings is 8. The quantitative estimate of drug-likeness (QED) is 0.0183. The number of carboxylic acid groups (broad SMARTS) is 2. The highest BCUT2D eigenvalue weighted by molar-refractivity contribution is 6.05. The van der Waals surface area contributed by atoms with Crippen LogP contribution in [0.1, 0.15) is 310 Å². The zero-order valence-electron chi connectivity index (χ0n) is 85.6. The molecule has 0 spiro atoms. The monoisotopic (exact) mass is 2180 g/mol. The van der Waals surface area contributed by atoms with Crippen molar-refractivity contribution in [3.8, 4) is 33.4 Å². The maximum atomic E-state index is 12.5. The highest BCUT2D eigenvalue weighted by atomic mass is 127. The van der Waals surface area contributed by atoms with Crippen LogP contribution in [0.25, 0.3) is 33.4 Å². The van der Waals surface area contributed by atoms with E-state index in [-0.39, 0.29) is 147 Å². The third-order valence-corrected chi connectivity index (χ3v) is 31.8. The van der Waals surface area contributed by atoms with Crippen molar-refractivity contribution in [2.75, 3.05) is 78.5 Å². The van der Waals surface area contributed by atoms with Crippen LogP contribution in [-0.2, 0) is 72.1 Å². The molecule has 2 amide bonds. The molecule has 0 atom stereocenters. The molecule has 137 heavy (non-hydrogen) atoms. The first-order chi connectivity index (χ1) is 63.6. The van der Waals surface area contributed by atoms with Gasteiger partial charge >= 0.3 is 17.9 Å². The van der Waals surface area contributed by atoms with E-state index >= 15 is 0 Å². The smallest absolute Gasteiger partial charge is 0.333 e. The number of fused-ring (bicyclic) bond motifs is 14. The Labute approximate surface area is 868 Å². The minimum absolute atomic E-state index is 0. The molecule has 728 valence electrons. The molecule has 19 heteroatoms. The molecule has 6 heterocycles. The lowest BCUT2D eigenvalue weighted by Crippen LogP contribution is -3.00. The fraction of sp³-hybridized carbons (Fsp3) is 0.458. The number of unbranched alkanes of at least 4 members (excludes halogenated alkanes) is 6. The van der Waals surface area contributed by atoms with Gasteiger partial charge in [0.25, 0.3) is 11.8 Å². The minimum Gasteiger partial charge on any atom is -1.00 e. The summed E-state index contributed by atoms with van der Waals surface area (Å²) in [6.07, 6.45) is 22.3. The molecule has 9 aliphatic rings. The Morgan fingerprint density at radius 1 is 0.372 bits per heavy atom. The normalized spacial score (nSPS) is 18.3. The molecule has 0 radical (unpaired) electrons. The largest absolute Gasteiger partial charge is 1.00 e. The van der Waals surface area contributed by atoms with Crippen molar-refractivity contribution in [1.29, 1.82) is 0 Å². The van der Waals surface area contributed by atoms with Gasteiger partial charge in [-0.2, -0.15) is 13.7 Å². The van der Waals surface area contributed by atoms with Gasteiger partial charge in [-0.3, -0.25) is 19.2 Å². The van der Waals surface area contributed by atoms with Crippen LogP contribution in [0.3, 0.4) is 0 Å². The van der Waals surface area contributed by atoms with Gasteiger partial charge in [0.05, 0.1) is 16.2 Å². The Bertz CT molecular complexity index is 6240. The van der Waals surface area contributed by atoms with Gasteiger partial charge in [-0.15, -0.1) is 5.06 Å². The third kappa shape index (κ3) is 19.4. The van der Waals surface area contributed by atoms with Crippen LogP contribution in [0.4, 0.5) is 39.8 Å². The molecule has 0 saturated carbocycles. The van der Waals surface area contributed by atoms with E-state index < -0.39 is 29.7 Å². The first-order valence-electron chi connectivity index (χ1n) is 50.0. The summed E-state index contributed by atoms with van der Waals surface area (Å²) in [7, 11) is 0. The highest BCUT2D eigenvalue weighted by Crippen LogP contribution is 2.60. The highest BCUT2D eigenvalue weighted by Gasteiger charge is 2.52. The molecular formula is C118H147I3N8O8. The molecule has 3 aliphatic carbocycles. The number of nitrogens with zero attached hydrogens (tertiary/aromatic N) is 8. The topological polar surface area (TPSA) is 160 Å². The van der Waals surface area contributed by atoms with Gasteiger partial charge in [0.15, 0.2) is 17.1 Å².